The van der Waals surface area contributed by atoms with Crippen LogP contribution in [0.2, 0.25) is 0 Å². The zero-order chi connectivity index (χ0) is 16.5. The van der Waals surface area contributed by atoms with E-state index in [1.807, 2.05) is 0 Å². The molecule has 0 aliphatic rings. The Hall–Kier alpha value is -2.45. The number of alkyl halides is 6. The fraction of sp³-hybridized carbons (Fsp3) is 0.154. The highest BCUT2D eigenvalue weighted by atomic mass is 19.4. The SMILES string of the molecule is Oc1ccc(-c2ccc(OC(F)(F)F)cc2)nc1C(F)(F)F. The maximum absolute atomic E-state index is 12.6. The van der Waals surface area contributed by atoms with Crippen molar-refractivity contribution >= 4 is 0 Å². The summed E-state index contributed by atoms with van der Waals surface area (Å²) in [5.41, 5.74) is -1.48. The molecule has 1 aromatic heterocycles. The highest BCUT2D eigenvalue weighted by Gasteiger charge is 2.36. The molecular formula is C13H7F6NO2. The third kappa shape index (κ3) is 3.80. The summed E-state index contributed by atoms with van der Waals surface area (Å²) in [5, 5.41) is 9.16. The average Bonchev–Trinajstić information content (AvgIpc) is 2.37. The lowest BCUT2D eigenvalue weighted by atomic mass is 10.1. The molecule has 0 aliphatic heterocycles. The third-order valence-electron chi connectivity index (χ3n) is 2.53. The molecule has 0 bridgehead atoms. The molecule has 9 heteroatoms. The molecule has 0 radical (unpaired) electrons. The van der Waals surface area contributed by atoms with Gasteiger partial charge in [-0.05, 0) is 36.4 Å². The maximum Gasteiger partial charge on any atom is 0.573 e. The minimum absolute atomic E-state index is 0.139. The minimum atomic E-state index is -4.86. The zero-order valence-electron chi connectivity index (χ0n) is 10.5. The zero-order valence-corrected chi connectivity index (χ0v) is 10.5. The van der Waals surface area contributed by atoms with Crippen LogP contribution in [0.4, 0.5) is 26.3 Å². The van der Waals surface area contributed by atoms with Crippen LogP contribution in [0, 0.1) is 0 Å². The Morgan fingerprint density at radius 2 is 1.45 bits per heavy atom. The van der Waals surface area contributed by atoms with Crippen LogP contribution in [0.5, 0.6) is 11.5 Å². The van der Waals surface area contributed by atoms with Crippen molar-refractivity contribution in [3.63, 3.8) is 0 Å². The number of hydrogen-bond acceptors (Lipinski definition) is 3. The van der Waals surface area contributed by atoms with E-state index in [4.69, 9.17) is 5.11 Å². The second-order valence-corrected chi connectivity index (χ2v) is 4.13. The van der Waals surface area contributed by atoms with E-state index in [9.17, 15) is 26.3 Å². The number of halogens is 6. The van der Waals surface area contributed by atoms with Crippen molar-refractivity contribution in [1.82, 2.24) is 4.98 Å². The summed E-state index contributed by atoms with van der Waals surface area (Å²) in [4.78, 5) is 3.28. The lowest BCUT2D eigenvalue weighted by Crippen LogP contribution is -2.16. The van der Waals surface area contributed by atoms with Crippen molar-refractivity contribution < 1.29 is 36.2 Å². The van der Waals surface area contributed by atoms with Crippen molar-refractivity contribution in [1.29, 1.82) is 0 Å². The Morgan fingerprint density at radius 1 is 0.864 bits per heavy atom. The smallest absolute Gasteiger partial charge is 0.506 e. The van der Waals surface area contributed by atoms with Gasteiger partial charge in [0.25, 0.3) is 0 Å². The van der Waals surface area contributed by atoms with Gasteiger partial charge in [0.05, 0.1) is 5.69 Å². The van der Waals surface area contributed by atoms with E-state index in [1.54, 1.807) is 0 Å². The monoisotopic (exact) mass is 323 g/mol. The first-order valence-corrected chi connectivity index (χ1v) is 5.70. The topological polar surface area (TPSA) is 42.4 Å². The minimum Gasteiger partial charge on any atom is -0.506 e. The third-order valence-corrected chi connectivity index (χ3v) is 2.53. The highest BCUT2D eigenvalue weighted by Crippen LogP contribution is 2.35. The molecule has 0 atom stereocenters. The Bertz CT molecular complexity index is 664. The van der Waals surface area contributed by atoms with Gasteiger partial charge in [0.15, 0.2) is 5.69 Å². The van der Waals surface area contributed by atoms with Crippen LogP contribution >= 0.6 is 0 Å². The molecule has 3 nitrogen and oxygen atoms in total. The largest absolute Gasteiger partial charge is 0.573 e. The van der Waals surface area contributed by atoms with Crippen LogP contribution in [0.1, 0.15) is 5.69 Å². The predicted molar refractivity (Wildman–Crippen MR) is 63.0 cm³/mol. The molecule has 118 valence electrons. The van der Waals surface area contributed by atoms with E-state index in [2.05, 4.69) is 9.72 Å². The molecule has 0 aliphatic carbocycles. The number of aromatic nitrogens is 1. The van der Waals surface area contributed by atoms with Crippen LogP contribution in [0.25, 0.3) is 11.3 Å². The number of pyridine rings is 1. The van der Waals surface area contributed by atoms with E-state index in [0.29, 0.717) is 0 Å². The van der Waals surface area contributed by atoms with Crippen LogP contribution < -0.4 is 4.74 Å². The summed E-state index contributed by atoms with van der Waals surface area (Å²) in [7, 11) is 0. The highest BCUT2D eigenvalue weighted by molar-refractivity contribution is 5.61. The summed E-state index contributed by atoms with van der Waals surface area (Å²) in [5.74, 6) is -1.54. The number of hydrogen-bond donors (Lipinski definition) is 1. The van der Waals surface area contributed by atoms with Gasteiger partial charge in [-0.2, -0.15) is 13.2 Å². The van der Waals surface area contributed by atoms with Gasteiger partial charge in [0.1, 0.15) is 11.5 Å². The number of ether oxygens (including phenoxy) is 1. The maximum atomic E-state index is 12.6. The Morgan fingerprint density at radius 3 is 1.95 bits per heavy atom. The fourth-order valence-corrected chi connectivity index (χ4v) is 1.65. The Labute approximate surface area is 119 Å². The first-order valence-electron chi connectivity index (χ1n) is 5.70. The van der Waals surface area contributed by atoms with Gasteiger partial charge < -0.3 is 9.84 Å². The Balaban J connectivity index is 2.33. The number of benzene rings is 1. The molecular weight excluding hydrogens is 316 g/mol. The number of nitrogens with zero attached hydrogens (tertiary/aromatic N) is 1. The number of aromatic hydroxyl groups is 1. The normalized spacial score (nSPS) is 12.3. The summed E-state index contributed by atoms with van der Waals surface area (Å²) in [6.45, 7) is 0. The van der Waals surface area contributed by atoms with Crippen molar-refractivity contribution in [3.05, 3.63) is 42.1 Å². The van der Waals surface area contributed by atoms with Crippen LogP contribution in [0.15, 0.2) is 36.4 Å². The molecule has 1 heterocycles. The van der Waals surface area contributed by atoms with Crippen LogP contribution in [-0.2, 0) is 6.18 Å². The molecule has 0 saturated heterocycles. The average molecular weight is 323 g/mol. The van der Waals surface area contributed by atoms with Gasteiger partial charge in [-0.1, -0.05) is 0 Å². The van der Waals surface area contributed by atoms with Gasteiger partial charge in [-0.3, -0.25) is 0 Å². The van der Waals surface area contributed by atoms with Crippen LogP contribution in [-0.4, -0.2) is 16.5 Å². The van der Waals surface area contributed by atoms with E-state index >= 15 is 0 Å². The van der Waals surface area contributed by atoms with Crippen molar-refractivity contribution in [2.45, 2.75) is 12.5 Å². The second-order valence-electron chi connectivity index (χ2n) is 4.13. The van der Waals surface area contributed by atoms with Crippen LogP contribution in [0.3, 0.4) is 0 Å². The molecule has 0 saturated carbocycles. The number of rotatable bonds is 2. The molecule has 0 fully saturated rings. The van der Waals surface area contributed by atoms with Gasteiger partial charge in [-0.25, -0.2) is 4.98 Å². The first kappa shape index (κ1) is 15.9. The standard InChI is InChI=1S/C13H7F6NO2/c14-12(15,16)11-10(21)6-5-9(20-11)7-1-3-8(4-2-7)22-13(17,18)19/h1-6,21H. The van der Waals surface area contributed by atoms with Gasteiger partial charge >= 0.3 is 12.5 Å². The summed E-state index contributed by atoms with van der Waals surface area (Å²) in [6.07, 6.45) is -9.71. The first-order chi connectivity index (χ1) is 10.1. The quantitative estimate of drug-likeness (QED) is 0.835. The summed E-state index contributed by atoms with van der Waals surface area (Å²) >= 11 is 0. The van der Waals surface area contributed by atoms with Gasteiger partial charge in [-0.15, -0.1) is 13.2 Å². The fourth-order valence-electron chi connectivity index (χ4n) is 1.65. The van der Waals surface area contributed by atoms with E-state index < -0.39 is 29.7 Å². The predicted octanol–water partition coefficient (Wildman–Crippen LogP) is 4.37. The molecule has 2 aromatic rings. The molecule has 0 unspecified atom stereocenters. The lowest BCUT2D eigenvalue weighted by molar-refractivity contribution is -0.274. The van der Waals surface area contributed by atoms with Crippen molar-refractivity contribution in [2.75, 3.05) is 0 Å². The second kappa shape index (κ2) is 5.39. The summed E-state index contributed by atoms with van der Waals surface area (Å²) < 4.78 is 77.5. The van der Waals surface area contributed by atoms with Crippen molar-refractivity contribution in [3.8, 4) is 22.8 Å². The van der Waals surface area contributed by atoms with Gasteiger partial charge in [0, 0.05) is 5.56 Å². The summed E-state index contributed by atoms with van der Waals surface area (Å²) in [6, 6.07) is 6.08. The molecule has 0 spiro atoms. The molecule has 1 N–H and O–H groups in total. The van der Waals surface area contributed by atoms with E-state index in [1.165, 1.54) is 0 Å². The molecule has 22 heavy (non-hydrogen) atoms. The van der Waals surface area contributed by atoms with Gasteiger partial charge in [0.2, 0.25) is 0 Å². The lowest BCUT2D eigenvalue weighted by Gasteiger charge is -2.11. The Kier molecular flexibility index (Phi) is 3.90. The molecule has 2 rings (SSSR count). The molecule has 0 amide bonds. The van der Waals surface area contributed by atoms with E-state index in [-0.39, 0.29) is 11.3 Å². The van der Waals surface area contributed by atoms with E-state index in [0.717, 1.165) is 36.4 Å². The van der Waals surface area contributed by atoms with Crippen molar-refractivity contribution in [2.24, 2.45) is 0 Å². The molecule has 1 aromatic carbocycles.